The third kappa shape index (κ3) is 8.31. The van der Waals surface area contributed by atoms with Gasteiger partial charge in [0, 0.05) is 28.5 Å². The number of sulfonamides is 1. The van der Waals surface area contributed by atoms with E-state index in [-0.39, 0.29) is 24.9 Å². The van der Waals surface area contributed by atoms with Gasteiger partial charge in [-0.1, -0.05) is 82.1 Å². The fraction of sp³-hybridized carbons (Fsp3) is 0.286. The van der Waals surface area contributed by atoms with Crippen molar-refractivity contribution in [3.63, 3.8) is 0 Å². The molecule has 0 saturated heterocycles. The molecular weight excluding hydrogens is 590 g/mol. The molecular formula is C28H31BrClN3O4S. The Morgan fingerprint density at radius 3 is 2.24 bits per heavy atom. The van der Waals surface area contributed by atoms with Crippen molar-refractivity contribution in [2.75, 3.05) is 17.1 Å². The maximum absolute atomic E-state index is 14.0. The van der Waals surface area contributed by atoms with Crippen molar-refractivity contribution in [3.05, 3.63) is 99.5 Å². The highest BCUT2D eigenvalue weighted by Gasteiger charge is 2.33. The number of rotatable bonds is 11. The summed E-state index contributed by atoms with van der Waals surface area (Å²) < 4.78 is 27.3. The van der Waals surface area contributed by atoms with Crippen LogP contribution in [0.1, 0.15) is 25.0 Å². The van der Waals surface area contributed by atoms with Gasteiger partial charge in [0.05, 0.1) is 11.9 Å². The van der Waals surface area contributed by atoms with E-state index in [1.807, 2.05) is 44.2 Å². The van der Waals surface area contributed by atoms with Crippen LogP contribution in [0.15, 0.2) is 83.3 Å². The lowest BCUT2D eigenvalue weighted by atomic mass is 10.0. The summed E-state index contributed by atoms with van der Waals surface area (Å²) in [5.74, 6) is -0.868. The minimum absolute atomic E-state index is 0.0254. The number of carbonyl (C=O) groups excluding carboxylic acids is 2. The summed E-state index contributed by atoms with van der Waals surface area (Å²) in [5.41, 5.74) is 1.84. The molecule has 0 spiro atoms. The molecule has 202 valence electrons. The van der Waals surface area contributed by atoms with Crippen LogP contribution in [-0.2, 0) is 32.6 Å². The minimum atomic E-state index is -3.83. The Balaban J connectivity index is 2.07. The molecule has 0 unspecified atom stereocenters. The molecule has 7 nitrogen and oxygen atoms in total. The normalized spacial score (nSPS) is 12.2. The Hall–Kier alpha value is -2.88. The van der Waals surface area contributed by atoms with Crippen molar-refractivity contribution in [1.82, 2.24) is 10.2 Å². The summed E-state index contributed by atoms with van der Waals surface area (Å²) in [6, 6.07) is 22.1. The highest BCUT2D eigenvalue weighted by atomic mass is 79.9. The van der Waals surface area contributed by atoms with Gasteiger partial charge in [-0.25, -0.2) is 8.42 Å². The van der Waals surface area contributed by atoms with E-state index in [1.54, 1.807) is 48.5 Å². The van der Waals surface area contributed by atoms with Gasteiger partial charge in [-0.15, -0.1) is 0 Å². The fourth-order valence-corrected chi connectivity index (χ4v) is 5.41. The molecule has 0 aliphatic carbocycles. The Kier molecular flexibility index (Phi) is 10.4. The zero-order chi connectivity index (χ0) is 27.9. The van der Waals surface area contributed by atoms with E-state index in [1.165, 1.54) is 4.90 Å². The van der Waals surface area contributed by atoms with E-state index in [0.29, 0.717) is 20.7 Å². The van der Waals surface area contributed by atoms with Crippen LogP contribution in [0.25, 0.3) is 0 Å². The number of amides is 2. The first-order chi connectivity index (χ1) is 18.0. The molecule has 3 rings (SSSR count). The fourth-order valence-electron chi connectivity index (χ4n) is 3.99. The van der Waals surface area contributed by atoms with Gasteiger partial charge in [-0.2, -0.15) is 0 Å². The number of nitrogens with zero attached hydrogens (tertiary/aromatic N) is 2. The molecule has 1 atom stereocenters. The lowest BCUT2D eigenvalue weighted by Crippen LogP contribution is -2.54. The lowest BCUT2D eigenvalue weighted by Gasteiger charge is -2.34. The Morgan fingerprint density at radius 2 is 1.63 bits per heavy atom. The van der Waals surface area contributed by atoms with E-state index >= 15 is 0 Å². The van der Waals surface area contributed by atoms with Gasteiger partial charge in [-0.05, 0) is 49.2 Å². The first-order valence-electron chi connectivity index (χ1n) is 12.1. The van der Waals surface area contributed by atoms with Crippen LogP contribution in [0, 0.1) is 0 Å². The maximum Gasteiger partial charge on any atom is 0.244 e. The van der Waals surface area contributed by atoms with E-state index in [2.05, 4.69) is 21.2 Å². The van der Waals surface area contributed by atoms with Crippen LogP contribution >= 0.6 is 27.5 Å². The number of benzene rings is 3. The van der Waals surface area contributed by atoms with Gasteiger partial charge in [-0.3, -0.25) is 13.9 Å². The lowest BCUT2D eigenvalue weighted by molar-refractivity contribution is -0.140. The quantitative estimate of drug-likeness (QED) is 0.326. The number of hydrogen-bond donors (Lipinski definition) is 1. The average Bonchev–Trinajstić information content (AvgIpc) is 2.85. The molecule has 10 heteroatoms. The summed E-state index contributed by atoms with van der Waals surface area (Å²) >= 11 is 9.81. The van der Waals surface area contributed by atoms with Gasteiger partial charge < -0.3 is 10.2 Å². The zero-order valence-electron chi connectivity index (χ0n) is 21.5. The standard InChI is InChI=1S/C28H31BrClN3O4S/c1-20(2)31-28(35)26(16-21-10-5-4-6-11-21)32(18-22-12-7-8-15-25(22)30)27(34)19-33(38(3,36)37)24-14-9-13-23(29)17-24/h4-15,17,20,26H,16,18-19H2,1-3H3,(H,31,35)/t26-/m0/s1. The number of hydrogen-bond acceptors (Lipinski definition) is 4. The maximum atomic E-state index is 14.0. The summed E-state index contributed by atoms with van der Waals surface area (Å²) in [4.78, 5) is 28.9. The Bertz CT molecular complexity index is 1370. The molecule has 38 heavy (non-hydrogen) atoms. The first kappa shape index (κ1) is 29.7. The Morgan fingerprint density at radius 1 is 0.974 bits per heavy atom. The number of carbonyl (C=O) groups is 2. The van der Waals surface area contributed by atoms with Crippen molar-refractivity contribution in [1.29, 1.82) is 0 Å². The van der Waals surface area contributed by atoms with E-state index < -0.39 is 28.5 Å². The monoisotopic (exact) mass is 619 g/mol. The predicted molar refractivity (Wildman–Crippen MR) is 156 cm³/mol. The van der Waals surface area contributed by atoms with Crippen LogP contribution in [0.5, 0.6) is 0 Å². The van der Waals surface area contributed by atoms with Gasteiger partial charge >= 0.3 is 0 Å². The smallest absolute Gasteiger partial charge is 0.244 e. The van der Waals surface area contributed by atoms with E-state index in [4.69, 9.17) is 11.6 Å². The van der Waals surface area contributed by atoms with Crippen LogP contribution in [0.2, 0.25) is 5.02 Å². The van der Waals surface area contributed by atoms with Crippen LogP contribution in [0.4, 0.5) is 5.69 Å². The molecule has 0 bridgehead atoms. The van der Waals surface area contributed by atoms with Gasteiger partial charge in [0.2, 0.25) is 21.8 Å². The molecule has 0 heterocycles. The molecule has 0 aliphatic rings. The third-order valence-electron chi connectivity index (χ3n) is 5.78. The SMILES string of the molecule is CC(C)NC(=O)[C@H](Cc1ccccc1)N(Cc1ccccc1Cl)C(=O)CN(c1cccc(Br)c1)S(C)(=O)=O. The average molecular weight is 621 g/mol. The highest BCUT2D eigenvalue weighted by molar-refractivity contribution is 9.10. The predicted octanol–water partition coefficient (Wildman–Crippen LogP) is 5.03. The van der Waals surface area contributed by atoms with Crippen LogP contribution < -0.4 is 9.62 Å². The van der Waals surface area contributed by atoms with E-state index in [0.717, 1.165) is 16.1 Å². The summed E-state index contributed by atoms with van der Waals surface area (Å²) in [5, 5.41) is 3.36. The number of halogens is 2. The van der Waals surface area contributed by atoms with Crippen molar-refractivity contribution >= 4 is 55.1 Å². The summed E-state index contributed by atoms with van der Waals surface area (Å²) in [6.07, 6.45) is 1.29. The van der Waals surface area contributed by atoms with Crippen molar-refractivity contribution in [2.24, 2.45) is 0 Å². The summed E-state index contributed by atoms with van der Waals surface area (Å²) in [7, 11) is -3.83. The molecule has 0 fully saturated rings. The highest BCUT2D eigenvalue weighted by Crippen LogP contribution is 2.24. The van der Waals surface area contributed by atoms with E-state index in [9.17, 15) is 18.0 Å². The van der Waals surface area contributed by atoms with Crippen molar-refractivity contribution < 1.29 is 18.0 Å². The molecule has 2 amide bonds. The third-order valence-corrected chi connectivity index (χ3v) is 7.78. The second kappa shape index (κ2) is 13.3. The number of anilines is 1. The second-order valence-electron chi connectivity index (χ2n) is 9.23. The van der Waals surface area contributed by atoms with Crippen molar-refractivity contribution in [2.45, 2.75) is 38.9 Å². The summed E-state index contributed by atoms with van der Waals surface area (Å²) in [6.45, 7) is 3.23. The molecule has 0 saturated carbocycles. The second-order valence-corrected chi connectivity index (χ2v) is 12.5. The first-order valence-corrected chi connectivity index (χ1v) is 15.1. The molecule has 1 N–H and O–H groups in total. The molecule has 3 aromatic carbocycles. The van der Waals surface area contributed by atoms with Crippen molar-refractivity contribution in [3.8, 4) is 0 Å². The minimum Gasteiger partial charge on any atom is -0.352 e. The van der Waals surface area contributed by atoms with Gasteiger partial charge in [0.15, 0.2) is 0 Å². The Labute approximate surface area is 238 Å². The molecule has 0 aliphatic heterocycles. The van der Waals surface area contributed by atoms with Gasteiger partial charge in [0.1, 0.15) is 12.6 Å². The largest absolute Gasteiger partial charge is 0.352 e. The molecule has 0 radical (unpaired) electrons. The number of nitrogens with one attached hydrogen (secondary N) is 1. The van der Waals surface area contributed by atoms with Crippen LogP contribution in [-0.4, -0.2) is 50.0 Å². The molecule has 3 aromatic rings. The van der Waals surface area contributed by atoms with Gasteiger partial charge in [0.25, 0.3) is 0 Å². The molecule has 0 aromatic heterocycles. The zero-order valence-corrected chi connectivity index (χ0v) is 24.6. The van der Waals surface area contributed by atoms with Crippen LogP contribution in [0.3, 0.4) is 0 Å². The topological polar surface area (TPSA) is 86.8 Å².